The van der Waals surface area contributed by atoms with E-state index in [1.807, 2.05) is 0 Å². The highest BCUT2D eigenvalue weighted by atomic mass is 32.2. The Labute approximate surface area is 281 Å². The maximum Gasteiger partial charge on any atom is 0.481 e. The minimum absolute atomic E-state index is 0.0309. The molecule has 2 aliphatic rings. The fourth-order valence-corrected chi connectivity index (χ4v) is 7.92. The number of primary amides is 1. The lowest BCUT2D eigenvalue weighted by atomic mass is 10.1. The minimum Gasteiger partial charge on any atom is -0.387 e. The molecule has 2 aliphatic heterocycles. The number of aliphatic hydroxyl groups excluding tert-OH is 4. The molecule has 10 atom stereocenters. The van der Waals surface area contributed by atoms with Crippen molar-refractivity contribution in [1.29, 1.82) is 0 Å². The number of nitrogens with two attached hydrogens (primary N) is 2. The van der Waals surface area contributed by atoms with Crippen LogP contribution >= 0.6 is 27.4 Å². The van der Waals surface area contributed by atoms with Crippen molar-refractivity contribution in [2.75, 3.05) is 24.7 Å². The zero-order chi connectivity index (χ0) is 35.7. The number of nitrogen functional groups attached to an aromatic ring is 1. The molecule has 0 aliphatic carbocycles. The highest BCUT2D eigenvalue weighted by Gasteiger charge is 2.50. The van der Waals surface area contributed by atoms with Crippen molar-refractivity contribution >= 4 is 50.3 Å². The molecule has 21 nitrogen and oxygen atoms in total. The summed E-state index contributed by atoms with van der Waals surface area (Å²) < 4.78 is 52.8. The quantitative estimate of drug-likeness (QED) is 0.0293. The number of imidazole rings is 1. The molecule has 2 saturated heterocycles. The van der Waals surface area contributed by atoms with Crippen LogP contribution in [0.1, 0.15) is 29.2 Å². The Morgan fingerprint density at radius 2 is 1.71 bits per heavy atom. The Bertz CT molecular complexity index is 1830. The number of amides is 1. The van der Waals surface area contributed by atoms with Crippen LogP contribution in [-0.4, -0.2) is 111 Å². The van der Waals surface area contributed by atoms with Gasteiger partial charge in [-0.15, -0.1) is 12.3 Å². The Hall–Kier alpha value is -3.10. The molecule has 3 aromatic rings. The third kappa shape index (κ3) is 8.28. The molecule has 2 fully saturated rings. The smallest absolute Gasteiger partial charge is 0.387 e. The second-order valence-electron chi connectivity index (χ2n) is 10.6. The first-order valence-corrected chi connectivity index (χ1v) is 18.1. The molecule has 0 aromatic carbocycles. The first-order valence-electron chi connectivity index (χ1n) is 14.2. The monoisotopic (exact) mass is 748 g/mol. The molecule has 24 heteroatoms. The summed E-state index contributed by atoms with van der Waals surface area (Å²) in [6.45, 7) is -1.84. The normalized spacial score (nSPS) is 29.4. The number of carbonyl (C=O) groups excluding carboxylic acids is 1. The number of thioether (sulfide) groups is 1. The molecular formula is C25H32N7O14P2S+. The molecule has 10 N–H and O–H groups in total. The molecule has 3 aromatic heterocycles. The highest BCUT2D eigenvalue weighted by Crippen LogP contribution is 2.60. The number of ether oxygens (including phenoxy) is 2. The molecule has 5 heterocycles. The van der Waals surface area contributed by atoms with E-state index >= 15 is 0 Å². The average molecular weight is 749 g/mol. The van der Waals surface area contributed by atoms with Gasteiger partial charge in [-0.3, -0.25) is 18.4 Å². The number of anilines is 1. The summed E-state index contributed by atoms with van der Waals surface area (Å²) >= 11 is 1.18. The molecule has 1 amide bonds. The van der Waals surface area contributed by atoms with Gasteiger partial charge in [0.1, 0.15) is 42.4 Å². The van der Waals surface area contributed by atoms with Gasteiger partial charge in [-0.05, 0) is 6.07 Å². The fourth-order valence-electron chi connectivity index (χ4n) is 4.94. The summed E-state index contributed by atoms with van der Waals surface area (Å²) in [6.07, 6.45) is -2.63. The van der Waals surface area contributed by atoms with E-state index in [0.717, 1.165) is 6.33 Å². The zero-order valence-electron chi connectivity index (χ0n) is 25.1. The summed E-state index contributed by atoms with van der Waals surface area (Å²) in [7, 11) is -10.8. The first-order chi connectivity index (χ1) is 23.1. The van der Waals surface area contributed by atoms with E-state index in [4.69, 9.17) is 36.4 Å². The number of pyridine rings is 1. The average Bonchev–Trinajstić information content (AvgIpc) is 3.65. The van der Waals surface area contributed by atoms with Crippen LogP contribution in [0.3, 0.4) is 0 Å². The Morgan fingerprint density at radius 3 is 2.37 bits per heavy atom. The van der Waals surface area contributed by atoms with Gasteiger partial charge in [-0.25, -0.2) is 24.1 Å². The van der Waals surface area contributed by atoms with Gasteiger partial charge >= 0.3 is 15.6 Å². The number of hydrogen-bond acceptors (Lipinski definition) is 17. The van der Waals surface area contributed by atoms with Crippen LogP contribution < -0.4 is 16.0 Å². The maximum atomic E-state index is 12.6. The van der Waals surface area contributed by atoms with Crippen LogP contribution in [-0.2, 0) is 32.0 Å². The van der Waals surface area contributed by atoms with Crippen molar-refractivity contribution in [2.45, 2.75) is 60.7 Å². The molecular weight excluding hydrogens is 716 g/mol. The van der Waals surface area contributed by atoms with Gasteiger partial charge in [0, 0.05) is 18.2 Å². The van der Waals surface area contributed by atoms with E-state index in [2.05, 4.69) is 25.2 Å². The number of fused-ring (bicyclic) bond motifs is 1. The fraction of sp³-hybridized carbons (Fsp3) is 0.480. The largest absolute Gasteiger partial charge is 0.481 e. The summed E-state index contributed by atoms with van der Waals surface area (Å²) in [5.41, 5.74) is 11.6. The standard InChI is InChI=1S/C25H31N7O14P2S/c1-2-3-7-49-25-30-15-20(26)28-11-29-22(15)32(25)24-19(36)17(34)14(45-24)10-43-48(40,41)46-47(38,39)42-9-13-16(33)18(35)23(44-13)31-6-4-5-12(8-31)21(27)37/h1,4-6,8,11,13-14,16-19,23-24,33-36H,3,7,9-10H2,(H5-,26,27,28,29,37,38,39,40,41)/p+1/t13-,14?,16?,17?,18?,19?,23-,24?/m1/s1. The van der Waals surface area contributed by atoms with Crippen LogP contribution in [0.2, 0.25) is 0 Å². The van der Waals surface area contributed by atoms with Crippen LogP contribution in [0.5, 0.6) is 0 Å². The van der Waals surface area contributed by atoms with Crippen molar-refractivity contribution < 1.29 is 71.5 Å². The van der Waals surface area contributed by atoms with Gasteiger partial charge in [-0.2, -0.15) is 8.88 Å². The number of hydrogen-bond donors (Lipinski definition) is 8. The van der Waals surface area contributed by atoms with Crippen molar-refractivity contribution in [2.24, 2.45) is 5.73 Å². The number of rotatable bonds is 14. The number of nitrogens with zero attached hydrogens (tertiary/aromatic N) is 5. The van der Waals surface area contributed by atoms with E-state index in [1.54, 1.807) is 0 Å². The summed E-state index contributed by atoms with van der Waals surface area (Å²) in [4.78, 5) is 44.2. The number of aromatic nitrogens is 5. The van der Waals surface area contributed by atoms with E-state index in [0.29, 0.717) is 12.2 Å². The van der Waals surface area contributed by atoms with Crippen LogP contribution in [0.4, 0.5) is 5.82 Å². The lowest BCUT2D eigenvalue weighted by molar-refractivity contribution is -0.765. The molecule has 266 valence electrons. The molecule has 5 rings (SSSR count). The third-order valence-electron chi connectivity index (χ3n) is 7.29. The Balaban J connectivity index is 1.20. The molecule has 0 saturated carbocycles. The van der Waals surface area contributed by atoms with Gasteiger partial charge in [0.2, 0.25) is 0 Å². The lowest BCUT2D eigenvalue weighted by Crippen LogP contribution is -2.46. The molecule has 0 radical (unpaired) electrons. The van der Waals surface area contributed by atoms with Gasteiger partial charge in [0.05, 0.1) is 13.2 Å². The Morgan fingerprint density at radius 1 is 1.06 bits per heavy atom. The van der Waals surface area contributed by atoms with E-state index < -0.39 is 83.8 Å². The van der Waals surface area contributed by atoms with Crippen LogP contribution in [0.25, 0.3) is 11.2 Å². The molecule has 8 unspecified atom stereocenters. The van der Waals surface area contributed by atoms with Crippen molar-refractivity contribution in [3.63, 3.8) is 0 Å². The lowest BCUT2D eigenvalue weighted by Gasteiger charge is -2.20. The van der Waals surface area contributed by atoms with Gasteiger partial charge in [0.25, 0.3) is 12.1 Å². The second-order valence-corrected chi connectivity index (χ2v) is 14.7. The summed E-state index contributed by atoms with van der Waals surface area (Å²) in [5.74, 6) is 2.16. The number of aliphatic hydroxyl groups is 4. The molecule has 0 spiro atoms. The summed E-state index contributed by atoms with van der Waals surface area (Å²) in [5, 5.41) is 42.6. The maximum absolute atomic E-state index is 12.6. The predicted octanol–water partition coefficient (Wildman–Crippen LogP) is -1.90. The zero-order valence-corrected chi connectivity index (χ0v) is 27.7. The minimum atomic E-state index is -5.42. The van der Waals surface area contributed by atoms with Gasteiger partial charge in [0.15, 0.2) is 46.9 Å². The van der Waals surface area contributed by atoms with Crippen molar-refractivity contribution in [3.05, 3.63) is 36.4 Å². The van der Waals surface area contributed by atoms with Crippen molar-refractivity contribution in [3.8, 4) is 12.3 Å². The summed E-state index contributed by atoms with van der Waals surface area (Å²) in [6, 6.07) is 2.83. The number of phosphoric ester groups is 2. The van der Waals surface area contributed by atoms with Gasteiger partial charge < -0.3 is 51.2 Å². The second kappa shape index (κ2) is 15.0. The first kappa shape index (κ1) is 37.2. The number of phosphoric acid groups is 2. The van der Waals surface area contributed by atoms with E-state index in [9.17, 15) is 44.1 Å². The molecule has 0 bridgehead atoms. The van der Waals surface area contributed by atoms with Crippen LogP contribution in [0, 0.1) is 12.3 Å². The van der Waals surface area contributed by atoms with E-state index in [1.165, 1.54) is 45.4 Å². The number of terminal acetylenes is 1. The number of carbonyl (C=O) groups is 1. The SMILES string of the molecule is C#CCCSc1nc2c(N)ncnc2n1C1OC(COP(=O)(O)OP(=O)(O)OC[C@H]2O[C@@H]([n+]3cccc(C(N)=O)c3)C(O)C2O)C(O)C1O. The Kier molecular flexibility index (Phi) is 11.4. The third-order valence-corrected chi connectivity index (χ3v) is 10.8. The highest BCUT2D eigenvalue weighted by molar-refractivity contribution is 7.99. The molecule has 49 heavy (non-hydrogen) atoms. The predicted molar refractivity (Wildman–Crippen MR) is 164 cm³/mol. The van der Waals surface area contributed by atoms with E-state index in [-0.39, 0.29) is 27.7 Å². The van der Waals surface area contributed by atoms with Gasteiger partial charge in [-0.1, -0.05) is 11.8 Å². The van der Waals surface area contributed by atoms with Crippen LogP contribution in [0.15, 0.2) is 36.0 Å². The van der Waals surface area contributed by atoms with Crippen molar-refractivity contribution in [1.82, 2.24) is 19.5 Å². The topological polar surface area (TPSA) is 318 Å².